The lowest BCUT2D eigenvalue weighted by molar-refractivity contribution is 0.402. The van der Waals surface area contributed by atoms with Gasteiger partial charge >= 0.3 is 0 Å². The Morgan fingerprint density at radius 3 is 1.71 bits per heavy atom. The van der Waals surface area contributed by atoms with Gasteiger partial charge in [0.2, 0.25) is 0 Å². The second-order valence-corrected chi connectivity index (χ2v) is 5.94. The van der Waals surface area contributed by atoms with E-state index in [0.29, 0.717) is 0 Å². The molecule has 21 heavy (non-hydrogen) atoms. The molecule has 0 aliphatic carbocycles. The van der Waals surface area contributed by atoms with Crippen molar-refractivity contribution in [2.24, 2.45) is 5.73 Å². The molecule has 0 saturated heterocycles. The molecule has 0 fully saturated rings. The zero-order valence-electron chi connectivity index (χ0n) is 13.4. The van der Waals surface area contributed by atoms with Gasteiger partial charge in [-0.3, -0.25) is 0 Å². The maximum absolute atomic E-state index is 6.37. The number of hydrogen-bond acceptors (Lipinski definition) is 3. The molecule has 2 aromatic carbocycles. The topological polar surface area (TPSA) is 32.5 Å². The third-order valence-electron chi connectivity index (χ3n) is 3.61. The molecule has 2 aromatic rings. The summed E-state index contributed by atoms with van der Waals surface area (Å²) >= 11 is 0. The van der Waals surface area contributed by atoms with E-state index in [1.54, 1.807) is 0 Å². The zero-order valence-corrected chi connectivity index (χ0v) is 13.4. The van der Waals surface area contributed by atoms with Crippen LogP contribution in [0.2, 0.25) is 0 Å². The minimum absolute atomic E-state index is 0.0744. The van der Waals surface area contributed by atoms with E-state index in [-0.39, 0.29) is 6.04 Å². The summed E-state index contributed by atoms with van der Waals surface area (Å²) in [5.74, 6) is 0. The van der Waals surface area contributed by atoms with Crippen molar-refractivity contribution in [2.45, 2.75) is 12.6 Å². The van der Waals surface area contributed by atoms with Crippen LogP contribution >= 0.6 is 0 Å². The van der Waals surface area contributed by atoms with E-state index in [4.69, 9.17) is 5.73 Å². The molecule has 0 amide bonds. The maximum atomic E-state index is 6.37. The highest BCUT2D eigenvalue weighted by atomic mass is 15.1. The minimum Gasteiger partial charge on any atom is -0.378 e. The average molecular weight is 283 g/mol. The maximum Gasteiger partial charge on any atom is 0.0551 e. The highest BCUT2D eigenvalue weighted by Crippen LogP contribution is 2.22. The second kappa shape index (κ2) is 6.74. The first kappa shape index (κ1) is 15.5. The molecule has 0 radical (unpaired) electrons. The monoisotopic (exact) mass is 283 g/mol. The van der Waals surface area contributed by atoms with Crippen LogP contribution in [0.4, 0.5) is 5.69 Å². The molecule has 0 aromatic heterocycles. The average Bonchev–Trinajstić information content (AvgIpc) is 2.47. The van der Waals surface area contributed by atoms with Gasteiger partial charge in [-0.1, -0.05) is 36.4 Å². The van der Waals surface area contributed by atoms with Gasteiger partial charge in [-0.2, -0.15) is 0 Å². The van der Waals surface area contributed by atoms with Crippen LogP contribution in [-0.4, -0.2) is 33.1 Å². The molecule has 3 nitrogen and oxygen atoms in total. The van der Waals surface area contributed by atoms with Gasteiger partial charge in [-0.25, -0.2) is 0 Å². The van der Waals surface area contributed by atoms with E-state index in [2.05, 4.69) is 72.4 Å². The molecule has 0 spiro atoms. The number of hydrogen-bond donors (Lipinski definition) is 1. The van der Waals surface area contributed by atoms with Crippen molar-refractivity contribution in [3.63, 3.8) is 0 Å². The van der Waals surface area contributed by atoms with Crippen LogP contribution in [-0.2, 0) is 6.54 Å². The van der Waals surface area contributed by atoms with Gasteiger partial charge in [0.15, 0.2) is 0 Å². The first-order valence-corrected chi connectivity index (χ1v) is 7.24. The largest absolute Gasteiger partial charge is 0.378 e. The predicted octanol–water partition coefficient (Wildman–Crippen LogP) is 2.86. The first-order chi connectivity index (χ1) is 9.97. The Kier molecular flexibility index (Phi) is 4.99. The second-order valence-electron chi connectivity index (χ2n) is 5.94. The van der Waals surface area contributed by atoms with Crippen LogP contribution in [0.3, 0.4) is 0 Å². The van der Waals surface area contributed by atoms with Crippen molar-refractivity contribution in [3.8, 4) is 0 Å². The molecule has 3 heteroatoms. The summed E-state index contributed by atoms with van der Waals surface area (Å²) in [6.45, 7) is 0.951. The highest BCUT2D eigenvalue weighted by molar-refractivity contribution is 5.47. The molecule has 112 valence electrons. The summed E-state index contributed by atoms with van der Waals surface area (Å²) in [7, 11) is 8.23. The van der Waals surface area contributed by atoms with E-state index >= 15 is 0 Å². The van der Waals surface area contributed by atoms with E-state index < -0.39 is 0 Å². The van der Waals surface area contributed by atoms with Gasteiger partial charge in [0.05, 0.1) is 6.04 Å². The lowest BCUT2D eigenvalue weighted by Gasteiger charge is -2.17. The first-order valence-electron chi connectivity index (χ1n) is 7.24. The predicted molar refractivity (Wildman–Crippen MR) is 90.6 cm³/mol. The highest BCUT2D eigenvalue weighted by Gasteiger charge is 2.09. The fraction of sp³-hybridized carbons (Fsp3) is 0.333. The van der Waals surface area contributed by atoms with Gasteiger partial charge in [0, 0.05) is 26.3 Å². The number of nitrogens with zero attached hydrogens (tertiary/aromatic N) is 2. The Morgan fingerprint density at radius 1 is 0.810 bits per heavy atom. The third-order valence-corrected chi connectivity index (χ3v) is 3.61. The summed E-state index contributed by atoms with van der Waals surface area (Å²) < 4.78 is 0. The Bertz CT molecular complexity index is 556. The number of rotatable bonds is 5. The van der Waals surface area contributed by atoms with E-state index in [9.17, 15) is 0 Å². The van der Waals surface area contributed by atoms with Crippen molar-refractivity contribution >= 4 is 5.69 Å². The number of nitrogens with two attached hydrogens (primary N) is 1. The number of anilines is 1. The van der Waals surface area contributed by atoms with Crippen molar-refractivity contribution < 1.29 is 0 Å². The Balaban J connectivity index is 2.13. The van der Waals surface area contributed by atoms with Crippen molar-refractivity contribution in [1.29, 1.82) is 0 Å². The molecular formula is C18H25N3. The Labute approximate surface area is 128 Å². The van der Waals surface area contributed by atoms with Crippen LogP contribution in [0.15, 0.2) is 48.5 Å². The van der Waals surface area contributed by atoms with E-state index in [1.807, 2.05) is 14.1 Å². The smallest absolute Gasteiger partial charge is 0.0551 e. The van der Waals surface area contributed by atoms with Crippen LogP contribution in [0, 0.1) is 0 Å². The van der Waals surface area contributed by atoms with Crippen LogP contribution in [0.25, 0.3) is 0 Å². The molecule has 1 atom stereocenters. The fourth-order valence-corrected chi connectivity index (χ4v) is 2.37. The number of benzene rings is 2. The Hall–Kier alpha value is -1.84. The zero-order chi connectivity index (χ0) is 15.4. The van der Waals surface area contributed by atoms with Crippen molar-refractivity contribution in [3.05, 3.63) is 65.2 Å². The van der Waals surface area contributed by atoms with Crippen molar-refractivity contribution in [2.75, 3.05) is 33.1 Å². The summed E-state index contributed by atoms with van der Waals surface area (Å²) in [5, 5.41) is 0. The van der Waals surface area contributed by atoms with Crippen LogP contribution < -0.4 is 10.6 Å². The molecule has 2 rings (SSSR count). The van der Waals surface area contributed by atoms with Gasteiger partial charge in [-0.05, 0) is 42.9 Å². The molecule has 2 N–H and O–H groups in total. The summed E-state index contributed by atoms with van der Waals surface area (Å²) in [4.78, 5) is 4.25. The van der Waals surface area contributed by atoms with Crippen LogP contribution in [0.5, 0.6) is 0 Å². The molecule has 1 unspecified atom stereocenters. The molecule has 0 aliphatic heterocycles. The van der Waals surface area contributed by atoms with E-state index in [0.717, 1.165) is 17.7 Å². The lowest BCUT2D eigenvalue weighted by Crippen LogP contribution is -2.14. The minimum atomic E-state index is -0.0744. The van der Waals surface area contributed by atoms with Gasteiger partial charge in [0.1, 0.15) is 0 Å². The normalized spacial score (nSPS) is 12.5. The van der Waals surface area contributed by atoms with Gasteiger partial charge < -0.3 is 15.5 Å². The fourth-order valence-electron chi connectivity index (χ4n) is 2.37. The van der Waals surface area contributed by atoms with Crippen LogP contribution in [0.1, 0.15) is 22.7 Å². The molecular weight excluding hydrogens is 258 g/mol. The summed E-state index contributed by atoms with van der Waals surface area (Å²) in [6.07, 6.45) is 0. The quantitative estimate of drug-likeness (QED) is 0.916. The Morgan fingerprint density at radius 2 is 1.29 bits per heavy atom. The SMILES string of the molecule is CN(C)Cc1ccc(C(N)c2ccc(N(C)C)cc2)cc1. The molecule has 0 aliphatic rings. The van der Waals surface area contributed by atoms with Gasteiger partial charge in [-0.15, -0.1) is 0 Å². The lowest BCUT2D eigenvalue weighted by atomic mass is 9.98. The summed E-state index contributed by atoms with van der Waals surface area (Å²) in [5.41, 5.74) is 11.1. The third kappa shape index (κ3) is 4.06. The molecule has 0 saturated carbocycles. The molecule has 0 bridgehead atoms. The van der Waals surface area contributed by atoms with Gasteiger partial charge in [0.25, 0.3) is 0 Å². The van der Waals surface area contributed by atoms with Crippen molar-refractivity contribution in [1.82, 2.24) is 4.90 Å². The summed E-state index contributed by atoms with van der Waals surface area (Å²) in [6, 6.07) is 16.9. The molecule has 0 heterocycles. The van der Waals surface area contributed by atoms with E-state index in [1.165, 1.54) is 11.3 Å². The standard InChI is InChI=1S/C18H25N3/c1-20(2)13-14-5-7-15(8-6-14)18(19)16-9-11-17(12-10-16)21(3)4/h5-12,18H,13,19H2,1-4H3.